The Bertz CT molecular complexity index is 1380. The van der Waals surface area contributed by atoms with Crippen LogP contribution in [0.2, 0.25) is 0 Å². The Morgan fingerprint density at radius 2 is 1.80 bits per heavy atom. The number of carboxylic acid groups (broad SMARTS) is 1. The summed E-state index contributed by atoms with van der Waals surface area (Å²) in [5.41, 5.74) is 2.82. The Balaban J connectivity index is 1.65. The van der Waals surface area contributed by atoms with Crippen molar-refractivity contribution in [2.75, 3.05) is 0 Å². The SMILES string of the molecule is CCC(C(=O)O)c1cccc(COc2cccc(-c3c(C)cnc4c(C(F)(F)F)cccc34)c2)c1. The van der Waals surface area contributed by atoms with E-state index in [2.05, 4.69) is 4.98 Å². The molecule has 4 aromatic rings. The van der Waals surface area contributed by atoms with Gasteiger partial charge < -0.3 is 9.84 Å². The van der Waals surface area contributed by atoms with Crippen LogP contribution in [0.5, 0.6) is 5.75 Å². The zero-order valence-electron chi connectivity index (χ0n) is 19.3. The number of hydrogen-bond donors (Lipinski definition) is 1. The maximum atomic E-state index is 13.5. The molecule has 0 fully saturated rings. The minimum Gasteiger partial charge on any atom is -0.489 e. The third-order valence-electron chi connectivity index (χ3n) is 5.98. The fourth-order valence-electron chi connectivity index (χ4n) is 4.30. The van der Waals surface area contributed by atoms with Crippen LogP contribution in [0.25, 0.3) is 22.0 Å². The van der Waals surface area contributed by atoms with Crippen LogP contribution in [-0.4, -0.2) is 16.1 Å². The number of aromatic nitrogens is 1. The number of halogens is 3. The lowest BCUT2D eigenvalue weighted by molar-refractivity contribution is -0.139. The van der Waals surface area contributed by atoms with Crippen LogP contribution >= 0.6 is 0 Å². The number of aliphatic carboxylic acids is 1. The van der Waals surface area contributed by atoms with Gasteiger partial charge in [-0.15, -0.1) is 0 Å². The van der Waals surface area contributed by atoms with Crippen LogP contribution in [0.4, 0.5) is 13.2 Å². The highest BCUT2D eigenvalue weighted by Crippen LogP contribution is 2.38. The summed E-state index contributed by atoms with van der Waals surface area (Å²) in [5.74, 6) is -0.899. The van der Waals surface area contributed by atoms with E-state index in [1.54, 1.807) is 36.4 Å². The summed E-state index contributed by atoms with van der Waals surface area (Å²) in [5, 5.41) is 9.85. The molecule has 0 aliphatic rings. The van der Waals surface area contributed by atoms with Crippen molar-refractivity contribution in [1.82, 2.24) is 4.98 Å². The van der Waals surface area contributed by atoms with Gasteiger partial charge in [-0.25, -0.2) is 0 Å². The normalized spacial score (nSPS) is 12.5. The molecule has 180 valence electrons. The molecule has 0 bridgehead atoms. The van der Waals surface area contributed by atoms with E-state index in [9.17, 15) is 23.1 Å². The number of hydrogen-bond acceptors (Lipinski definition) is 3. The van der Waals surface area contributed by atoms with E-state index >= 15 is 0 Å². The predicted molar refractivity (Wildman–Crippen MR) is 128 cm³/mol. The molecular formula is C28H24F3NO3. The zero-order valence-corrected chi connectivity index (χ0v) is 19.3. The minimum atomic E-state index is -4.50. The van der Waals surface area contributed by atoms with Crippen molar-refractivity contribution in [3.63, 3.8) is 0 Å². The van der Waals surface area contributed by atoms with Gasteiger partial charge in [0.15, 0.2) is 0 Å². The van der Waals surface area contributed by atoms with E-state index in [-0.39, 0.29) is 12.1 Å². The minimum absolute atomic E-state index is 0.0901. The van der Waals surface area contributed by atoms with Gasteiger partial charge in [0.25, 0.3) is 0 Å². The fourth-order valence-corrected chi connectivity index (χ4v) is 4.30. The molecule has 0 saturated heterocycles. The van der Waals surface area contributed by atoms with Gasteiger partial charge in [-0.1, -0.05) is 55.5 Å². The number of para-hydroxylation sites is 1. The number of fused-ring (bicyclic) bond motifs is 1. The maximum absolute atomic E-state index is 13.5. The number of ether oxygens (including phenoxy) is 1. The molecule has 1 heterocycles. The Labute approximate surface area is 201 Å². The first-order valence-corrected chi connectivity index (χ1v) is 11.2. The van der Waals surface area contributed by atoms with E-state index in [0.717, 1.165) is 22.8 Å². The number of alkyl halides is 3. The quantitative estimate of drug-likeness (QED) is 0.300. The summed E-state index contributed by atoms with van der Waals surface area (Å²) >= 11 is 0. The van der Waals surface area contributed by atoms with Crippen LogP contribution in [-0.2, 0) is 17.6 Å². The van der Waals surface area contributed by atoms with Gasteiger partial charge in [-0.05, 0) is 59.4 Å². The molecule has 7 heteroatoms. The number of rotatable bonds is 7. The Morgan fingerprint density at radius 1 is 1.06 bits per heavy atom. The fraction of sp³-hybridized carbons (Fsp3) is 0.214. The second kappa shape index (κ2) is 9.78. The maximum Gasteiger partial charge on any atom is 0.418 e. The summed E-state index contributed by atoms with van der Waals surface area (Å²) in [4.78, 5) is 15.6. The van der Waals surface area contributed by atoms with Gasteiger partial charge in [-0.3, -0.25) is 9.78 Å². The molecule has 0 spiro atoms. The van der Waals surface area contributed by atoms with Crippen molar-refractivity contribution in [1.29, 1.82) is 0 Å². The topological polar surface area (TPSA) is 59.4 Å². The summed E-state index contributed by atoms with van der Waals surface area (Å²) in [6.07, 6.45) is -2.56. The molecule has 1 aromatic heterocycles. The molecule has 0 saturated carbocycles. The monoisotopic (exact) mass is 479 g/mol. The predicted octanol–water partition coefficient (Wildman–Crippen LogP) is 7.39. The van der Waals surface area contributed by atoms with Gasteiger partial charge in [0.2, 0.25) is 0 Å². The van der Waals surface area contributed by atoms with E-state index in [0.29, 0.717) is 28.7 Å². The molecule has 1 N–H and O–H groups in total. The highest BCUT2D eigenvalue weighted by Gasteiger charge is 2.33. The van der Waals surface area contributed by atoms with E-state index in [4.69, 9.17) is 4.74 Å². The number of carboxylic acids is 1. The summed E-state index contributed by atoms with van der Waals surface area (Å²) in [6.45, 7) is 3.87. The molecule has 0 aliphatic heterocycles. The zero-order chi connectivity index (χ0) is 25.2. The first-order chi connectivity index (χ1) is 16.7. The number of carbonyl (C=O) groups is 1. The second-order valence-corrected chi connectivity index (χ2v) is 8.38. The molecule has 4 rings (SSSR count). The Kier molecular flexibility index (Phi) is 6.78. The van der Waals surface area contributed by atoms with E-state index in [1.807, 2.05) is 32.0 Å². The van der Waals surface area contributed by atoms with Gasteiger partial charge in [0.05, 0.1) is 17.0 Å². The molecule has 0 radical (unpaired) electrons. The molecule has 0 aliphatic carbocycles. The average molecular weight is 479 g/mol. The van der Waals surface area contributed by atoms with Crippen LogP contribution in [0.3, 0.4) is 0 Å². The lowest BCUT2D eigenvalue weighted by Crippen LogP contribution is -2.10. The summed E-state index contributed by atoms with van der Waals surface area (Å²) in [7, 11) is 0. The highest BCUT2D eigenvalue weighted by molar-refractivity contribution is 5.97. The first kappa shape index (κ1) is 24.3. The smallest absolute Gasteiger partial charge is 0.418 e. The highest BCUT2D eigenvalue weighted by atomic mass is 19.4. The standard InChI is InChI=1S/C28H24F3NO3/c1-3-22(27(33)34)19-8-4-7-18(13-19)16-35-21-10-5-9-20(14-21)25-17(2)15-32-26-23(25)11-6-12-24(26)28(29,30)31/h4-15,22H,3,16H2,1-2H3,(H,33,34). The second-order valence-electron chi connectivity index (χ2n) is 8.38. The third kappa shape index (κ3) is 5.14. The van der Waals surface area contributed by atoms with Crippen molar-refractivity contribution in [3.8, 4) is 16.9 Å². The lowest BCUT2D eigenvalue weighted by atomic mass is 9.95. The van der Waals surface area contributed by atoms with Crippen LogP contribution in [0.1, 0.15) is 41.5 Å². The van der Waals surface area contributed by atoms with Gasteiger partial charge >= 0.3 is 12.1 Å². The van der Waals surface area contributed by atoms with Crippen molar-refractivity contribution in [3.05, 3.63) is 95.2 Å². The number of aryl methyl sites for hydroxylation is 1. The Morgan fingerprint density at radius 3 is 2.51 bits per heavy atom. The third-order valence-corrected chi connectivity index (χ3v) is 5.98. The molecule has 1 atom stereocenters. The largest absolute Gasteiger partial charge is 0.489 e. The molecule has 4 nitrogen and oxygen atoms in total. The Hall–Kier alpha value is -3.87. The molecule has 1 unspecified atom stereocenters. The van der Waals surface area contributed by atoms with Crippen molar-refractivity contribution >= 4 is 16.9 Å². The number of nitrogens with zero attached hydrogens (tertiary/aromatic N) is 1. The molecule has 0 amide bonds. The van der Waals surface area contributed by atoms with E-state index < -0.39 is 23.6 Å². The number of benzene rings is 3. The molecule has 3 aromatic carbocycles. The average Bonchev–Trinajstić information content (AvgIpc) is 2.82. The van der Waals surface area contributed by atoms with E-state index in [1.165, 1.54) is 12.3 Å². The first-order valence-electron chi connectivity index (χ1n) is 11.2. The van der Waals surface area contributed by atoms with Crippen LogP contribution in [0.15, 0.2) is 72.9 Å². The summed E-state index contributed by atoms with van der Waals surface area (Å²) in [6, 6.07) is 18.5. The van der Waals surface area contributed by atoms with Crippen molar-refractivity contribution in [2.24, 2.45) is 0 Å². The van der Waals surface area contributed by atoms with Crippen LogP contribution < -0.4 is 4.74 Å². The van der Waals surface area contributed by atoms with Crippen LogP contribution in [0, 0.1) is 6.92 Å². The van der Waals surface area contributed by atoms with Gasteiger partial charge in [0.1, 0.15) is 12.4 Å². The molecule has 35 heavy (non-hydrogen) atoms. The lowest BCUT2D eigenvalue weighted by Gasteiger charge is -2.15. The van der Waals surface area contributed by atoms with Gasteiger partial charge in [-0.2, -0.15) is 13.2 Å². The van der Waals surface area contributed by atoms with Gasteiger partial charge in [0, 0.05) is 11.6 Å². The molecular weight excluding hydrogens is 455 g/mol. The number of pyridine rings is 1. The van der Waals surface area contributed by atoms with Crippen molar-refractivity contribution < 1.29 is 27.8 Å². The van der Waals surface area contributed by atoms with Crippen molar-refractivity contribution in [2.45, 2.75) is 39.0 Å². The summed E-state index contributed by atoms with van der Waals surface area (Å²) < 4.78 is 46.6.